The third kappa shape index (κ3) is 4.91. The van der Waals surface area contributed by atoms with Crippen molar-refractivity contribution in [2.45, 2.75) is 51.0 Å². The highest BCUT2D eigenvalue weighted by Crippen LogP contribution is 2.31. The molecule has 0 aromatic heterocycles. The Morgan fingerprint density at radius 2 is 1.91 bits per heavy atom. The van der Waals surface area contributed by atoms with Gasteiger partial charge in [-0.15, -0.1) is 0 Å². The number of nitrogens with one attached hydrogen (secondary N) is 2. The second-order valence-electron chi connectivity index (χ2n) is 7.60. The highest BCUT2D eigenvalue weighted by atomic mass is 16.5. The zero-order valence-electron chi connectivity index (χ0n) is 15.2. The Morgan fingerprint density at radius 3 is 2.48 bits per heavy atom. The molecular weight excluding hydrogens is 290 g/mol. The van der Waals surface area contributed by atoms with Gasteiger partial charge in [-0.1, -0.05) is 19.3 Å². The van der Waals surface area contributed by atoms with Crippen LogP contribution in [0.5, 0.6) is 0 Å². The van der Waals surface area contributed by atoms with E-state index in [9.17, 15) is 4.79 Å². The zero-order chi connectivity index (χ0) is 16.7. The molecule has 1 heterocycles. The summed E-state index contributed by atoms with van der Waals surface area (Å²) >= 11 is 0. The lowest BCUT2D eigenvalue weighted by atomic mass is 9.78. The molecule has 1 amide bonds. The average Bonchev–Trinajstić information content (AvgIpc) is 2.56. The summed E-state index contributed by atoms with van der Waals surface area (Å²) in [7, 11) is 5.98. The first kappa shape index (κ1) is 18.7. The van der Waals surface area contributed by atoms with Gasteiger partial charge in [0, 0.05) is 19.7 Å². The molecule has 134 valence electrons. The minimum absolute atomic E-state index is 0.184. The van der Waals surface area contributed by atoms with E-state index in [0.29, 0.717) is 18.6 Å². The van der Waals surface area contributed by atoms with Crippen molar-refractivity contribution >= 4 is 5.91 Å². The molecule has 2 aliphatic rings. The van der Waals surface area contributed by atoms with Crippen LogP contribution >= 0.6 is 0 Å². The van der Waals surface area contributed by atoms with E-state index in [0.717, 1.165) is 32.5 Å². The Bertz CT molecular complexity index is 356. The average molecular weight is 325 g/mol. The molecule has 2 fully saturated rings. The molecule has 0 aromatic carbocycles. The fourth-order valence-corrected chi connectivity index (χ4v) is 4.29. The van der Waals surface area contributed by atoms with Gasteiger partial charge in [-0.05, 0) is 58.8 Å². The third-order valence-electron chi connectivity index (χ3n) is 5.79. The number of carbonyl (C=O) groups is 1. The van der Waals surface area contributed by atoms with Crippen LogP contribution in [0.4, 0.5) is 0 Å². The Hall–Kier alpha value is -0.650. The van der Waals surface area contributed by atoms with Gasteiger partial charge < -0.3 is 20.3 Å². The number of methoxy groups -OCH3 is 1. The predicted octanol–water partition coefficient (Wildman–Crippen LogP) is 1.63. The van der Waals surface area contributed by atoms with Gasteiger partial charge in [-0.2, -0.15) is 0 Å². The topological polar surface area (TPSA) is 53.6 Å². The van der Waals surface area contributed by atoms with Crippen molar-refractivity contribution in [3.05, 3.63) is 0 Å². The molecule has 0 spiro atoms. The van der Waals surface area contributed by atoms with Gasteiger partial charge in [-0.3, -0.25) is 4.79 Å². The van der Waals surface area contributed by atoms with Crippen molar-refractivity contribution in [2.24, 2.45) is 11.3 Å². The van der Waals surface area contributed by atoms with Gasteiger partial charge in [0.2, 0.25) is 5.91 Å². The summed E-state index contributed by atoms with van der Waals surface area (Å²) in [5, 5.41) is 6.61. The summed E-state index contributed by atoms with van der Waals surface area (Å²) in [6, 6.07) is 0.445. The Balaban J connectivity index is 1.93. The van der Waals surface area contributed by atoms with Crippen LogP contribution in [0.15, 0.2) is 0 Å². The molecule has 2 N–H and O–H groups in total. The number of rotatable bonds is 7. The van der Waals surface area contributed by atoms with Crippen LogP contribution in [0.3, 0.4) is 0 Å². The number of hydrogen-bond acceptors (Lipinski definition) is 4. The first-order chi connectivity index (χ1) is 11.1. The molecule has 0 aromatic rings. The highest BCUT2D eigenvalue weighted by molar-refractivity contribution is 5.83. The van der Waals surface area contributed by atoms with Crippen LogP contribution < -0.4 is 10.6 Å². The molecule has 1 aliphatic heterocycles. The summed E-state index contributed by atoms with van der Waals surface area (Å²) < 4.78 is 5.38. The number of likely N-dealkylation sites (N-methyl/N-ethyl adjacent to an activating group) is 1. The van der Waals surface area contributed by atoms with Crippen LogP contribution in [0.25, 0.3) is 0 Å². The smallest absolute Gasteiger partial charge is 0.228 e. The number of carbonyl (C=O) groups excluding carboxylic acids is 1. The van der Waals surface area contributed by atoms with E-state index >= 15 is 0 Å². The summed E-state index contributed by atoms with van der Waals surface area (Å²) in [5.41, 5.74) is -0.344. The molecule has 2 rings (SSSR count). The van der Waals surface area contributed by atoms with Crippen LogP contribution in [-0.2, 0) is 9.53 Å². The van der Waals surface area contributed by atoms with Crippen molar-refractivity contribution in [1.82, 2.24) is 15.5 Å². The van der Waals surface area contributed by atoms with Crippen molar-refractivity contribution in [2.75, 3.05) is 47.4 Å². The first-order valence-electron chi connectivity index (χ1n) is 9.23. The van der Waals surface area contributed by atoms with E-state index in [-0.39, 0.29) is 11.3 Å². The number of piperidine rings is 1. The Morgan fingerprint density at radius 1 is 1.26 bits per heavy atom. The second-order valence-corrected chi connectivity index (χ2v) is 7.60. The standard InChI is InChI=1S/C18H35N3O2/c1-21(2)16(15-7-5-4-6-8-15)13-20-17(22)18(14-23-3)9-11-19-12-10-18/h15-16,19H,4-14H2,1-3H3,(H,20,22). The van der Waals surface area contributed by atoms with Crippen molar-refractivity contribution in [3.8, 4) is 0 Å². The summed E-state index contributed by atoms with van der Waals surface area (Å²) in [6.07, 6.45) is 8.36. The third-order valence-corrected chi connectivity index (χ3v) is 5.79. The van der Waals surface area contributed by atoms with Gasteiger partial charge in [0.05, 0.1) is 12.0 Å². The van der Waals surface area contributed by atoms with Crippen LogP contribution in [0, 0.1) is 11.3 Å². The first-order valence-corrected chi connectivity index (χ1v) is 9.23. The molecule has 1 atom stereocenters. The maximum absolute atomic E-state index is 12.9. The van der Waals surface area contributed by atoms with E-state index in [4.69, 9.17) is 4.74 Å². The monoisotopic (exact) mass is 325 g/mol. The normalized spacial score (nSPS) is 23.7. The molecule has 5 heteroatoms. The Labute approximate surface area is 141 Å². The van der Waals surface area contributed by atoms with Gasteiger partial charge in [-0.25, -0.2) is 0 Å². The number of amides is 1. The lowest BCUT2D eigenvalue weighted by Gasteiger charge is -2.38. The maximum atomic E-state index is 12.9. The molecule has 0 radical (unpaired) electrons. The summed E-state index contributed by atoms with van der Waals surface area (Å²) in [6.45, 7) is 3.08. The molecule has 0 bridgehead atoms. The van der Waals surface area contributed by atoms with E-state index in [1.165, 1.54) is 32.1 Å². The fraction of sp³-hybridized carbons (Fsp3) is 0.944. The van der Waals surface area contributed by atoms with Crippen molar-refractivity contribution < 1.29 is 9.53 Å². The molecule has 1 unspecified atom stereocenters. The van der Waals surface area contributed by atoms with Gasteiger partial charge in [0.15, 0.2) is 0 Å². The van der Waals surface area contributed by atoms with E-state index < -0.39 is 0 Å². The molecule has 5 nitrogen and oxygen atoms in total. The minimum Gasteiger partial charge on any atom is -0.384 e. The van der Waals surface area contributed by atoms with Crippen molar-refractivity contribution in [1.29, 1.82) is 0 Å². The number of nitrogens with zero attached hydrogens (tertiary/aromatic N) is 1. The highest BCUT2D eigenvalue weighted by Gasteiger charge is 2.40. The van der Waals surface area contributed by atoms with Crippen LogP contribution in [-0.4, -0.2) is 64.3 Å². The molecule has 1 saturated carbocycles. The molecule has 1 saturated heterocycles. The quantitative estimate of drug-likeness (QED) is 0.747. The Kier molecular flexibility index (Phi) is 7.31. The largest absolute Gasteiger partial charge is 0.384 e. The van der Waals surface area contributed by atoms with E-state index in [1.54, 1.807) is 7.11 Å². The summed E-state index contributed by atoms with van der Waals surface area (Å²) in [4.78, 5) is 15.2. The molecule has 23 heavy (non-hydrogen) atoms. The summed E-state index contributed by atoms with van der Waals surface area (Å²) in [5.74, 6) is 0.897. The van der Waals surface area contributed by atoms with Crippen LogP contribution in [0.1, 0.15) is 44.9 Å². The zero-order valence-corrected chi connectivity index (χ0v) is 15.2. The molecule has 1 aliphatic carbocycles. The molecular formula is C18H35N3O2. The lowest BCUT2D eigenvalue weighted by molar-refractivity contribution is -0.136. The fourth-order valence-electron chi connectivity index (χ4n) is 4.29. The van der Waals surface area contributed by atoms with Gasteiger partial charge in [0.1, 0.15) is 0 Å². The van der Waals surface area contributed by atoms with E-state index in [1.807, 2.05) is 0 Å². The minimum atomic E-state index is -0.344. The predicted molar refractivity (Wildman–Crippen MR) is 93.5 cm³/mol. The van der Waals surface area contributed by atoms with Crippen LogP contribution in [0.2, 0.25) is 0 Å². The SMILES string of the molecule is COCC1(C(=O)NCC(C2CCCCC2)N(C)C)CCNCC1. The van der Waals surface area contributed by atoms with Gasteiger partial charge >= 0.3 is 0 Å². The number of hydrogen-bond donors (Lipinski definition) is 2. The van der Waals surface area contributed by atoms with Gasteiger partial charge in [0.25, 0.3) is 0 Å². The number of ether oxygens (including phenoxy) is 1. The van der Waals surface area contributed by atoms with Crippen molar-refractivity contribution in [3.63, 3.8) is 0 Å². The van der Waals surface area contributed by atoms with E-state index in [2.05, 4.69) is 29.6 Å². The maximum Gasteiger partial charge on any atom is 0.228 e. The lowest BCUT2D eigenvalue weighted by Crippen LogP contribution is -2.53. The second kappa shape index (κ2) is 9.00.